The summed E-state index contributed by atoms with van der Waals surface area (Å²) < 4.78 is 0. The Hall–Kier alpha value is -1.89. The molecule has 0 radical (unpaired) electrons. The number of piperidine rings is 1. The molecule has 1 saturated heterocycles. The van der Waals surface area contributed by atoms with Gasteiger partial charge in [0.2, 0.25) is 0 Å². The Labute approximate surface area is 172 Å². The number of carbonyl (C=O) groups excluding carboxylic acids is 1. The molecule has 1 aromatic heterocycles. The molecule has 0 atom stereocenters. The van der Waals surface area contributed by atoms with Crippen molar-refractivity contribution in [3.63, 3.8) is 0 Å². The van der Waals surface area contributed by atoms with Crippen LogP contribution < -0.4 is 10.6 Å². The fraction of sp³-hybridized carbons (Fsp3) is 0.524. The monoisotopic (exact) mass is 403 g/mol. The first kappa shape index (κ1) is 20.8. The maximum absolute atomic E-state index is 12.5. The van der Waals surface area contributed by atoms with Gasteiger partial charge in [-0.1, -0.05) is 31.2 Å². The average molecular weight is 404 g/mol. The van der Waals surface area contributed by atoms with E-state index in [-0.39, 0.29) is 18.3 Å². The van der Waals surface area contributed by atoms with Crippen LogP contribution in [0.15, 0.2) is 24.3 Å². The van der Waals surface area contributed by atoms with E-state index in [0.29, 0.717) is 18.8 Å². The summed E-state index contributed by atoms with van der Waals surface area (Å²) in [6, 6.07) is 8.59. The highest BCUT2D eigenvalue weighted by molar-refractivity contribution is 5.94. The number of fused-ring (bicyclic) bond motifs is 1. The maximum atomic E-state index is 12.5. The third-order valence-electron chi connectivity index (χ3n) is 5.78. The second kappa shape index (κ2) is 9.54. The molecule has 0 aliphatic carbocycles. The predicted octanol–water partition coefficient (Wildman–Crippen LogP) is 2.64. The first-order valence-electron chi connectivity index (χ1n) is 10.0. The van der Waals surface area contributed by atoms with Gasteiger partial charge >= 0.3 is 0 Å². The number of rotatable bonds is 5. The number of hydrogen-bond donors (Lipinski definition) is 3. The summed E-state index contributed by atoms with van der Waals surface area (Å²) in [7, 11) is 0. The SMILES string of the molecule is CC1CCN(Cc2ccc(CNC(=O)c3n[nH]c4c3CNCC4)cc2)CC1.Cl. The molecule has 1 amide bonds. The zero-order valence-corrected chi connectivity index (χ0v) is 17.3. The summed E-state index contributed by atoms with van der Waals surface area (Å²) in [5.74, 6) is 0.755. The van der Waals surface area contributed by atoms with Gasteiger partial charge in [0.1, 0.15) is 0 Å². The van der Waals surface area contributed by atoms with Crippen molar-refractivity contribution < 1.29 is 4.79 Å². The summed E-state index contributed by atoms with van der Waals surface area (Å²) in [6.45, 7) is 7.91. The van der Waals surface area contributed by atoms with Crippen LogP contribution in [0, 0.1) is 5.92 Å². The second-order valence-corrected chi connectivity index (χ2v) is 7.91. The fourth-order valence-electron chi connectivity index (χ4n) is 3.92. The highest BCUT2D eigenvalue weighted by Gasteiger charge is 2.21. The van der Waals surface area contributed by atoms with Gasteiger partial charge < -0.3 is 10.6 Å². The minimum absolute atomic E-state index is 0. The largest absolute Gasteiger partial charge is 0.347 e. The number of hydrogen-bond acceptors (Lipinski definition) is 4. The van der Waals surface area contributed by atoms with E-state index in [4.69, 9.17) is 0 Å². The van der Waals surface area contributed by atoms with Crippen LogP contribution in [0.4, 0.5) is 0 Å². The molecule has 3 heterocycles. The third kappa shape index (κ3) is 4.93. The van der Waals surface area contributed by atoms with E-state index in [0.717, 1.165) is 42.2 Å². The van der Waals surface area contributed by atoms with Crippen LogP contribution in [0.25, 0.3) is 0 Å². The fourth-order valence-corrected chi connectivity index (χ4v) is 3.92. The van der Waals surface area contributed by atoms with Crippen molar-refractivity contribution >= 4 is 18.3 Å². The van der Waals surface area contributed by atoms with E-state index in [9.17, 15) is 4.79 Å². The minimum Gasteiger partial charge on any atom is -0.347 e. The predicted molar refractivity (Wildman–Crippen MR) is 113 cm³/mol. The first-order chi connectivity index (χ1) is 13.2. The molecule has 0 unspecified atom stereocenters. The molecule has 0 spiro atoms. The molecular formula is C21H30ClN5O. The highest BCUT2D eigenvalue weighted by atomic mass is 35.5. The Morgan fingerprint density at radius 3 is 2.68 bits per heavy atom. The summed E-state index contributed by atoms with van der Waals surface area (Å²) >= 11 is 0. The number of aromatic amines is 1. The Bertz CT molecular complexity index is 781. The van der Waals surface area contributed by atoms with Gasteiger partial charge in [0, 0.05) is 43.9 Å². The molecule has 1 fully saturated rings. The van der Waals surface area contributed by atoms with Crippen LogP contribution >= 0.6 is 12.4 Å². The van der Waals surface area contributed by atoms with Crippen LogP contribution in [-0.4, -0.2) is 40.6 Å². The highest BCUT2D eigenvalue weighted by Crippen LogP contribution is 2.18. The number of halogens is 1. The number of amides is 1. The summed E-state index contributed by atoms with van der Waals surface area (Å²) in [5, 5.41) is 13.5. The van der Waals surface area contributed by atoms with Crippen molar-refractivity contribution in [3.05, 3.63) is 52.3 Å². The normalized spacial score (nSPS) is 17.6. The van der Waals surface area contributed by atoms with Crippen molar-refractivity contribution in [2.75, 3.05) is 19.6 Å². The van der Waals surface area contributed by atoms with E-state index in [2.05, 4.69) is 56.9 Å². The minimum atomic E-state index is -0.109. The van der Waals surface area contributed by atoms with Crippen LogP contribution in [0.5, 0.6) is 0 Å². The van der Waals surface area contributed by atoms with Crippen LogP contribution in [0.1, 0.15) is 52.6 Å². The van der Waals surface area contributed by atoms with Crippen molar-refractivity contribution in [2.45, 2.75) is 45.8 Å². The van der Waals surface area contributed by atoms with Crippen LogP contribution in [0.2, 0.25) is 0 Å². The Morgan fingerprint density at radius 2 is 1.93 bits per heavy atom. The number of likely N-dealkylation sites (tertiary alicyclic amines) is 1. The summed E-state index contributed by atoms with van der Waals surface area (Å²) in [4.78, 5) is 15.0. The van der Waals surface area contributed by atoms with E-state index >= 15 is 0 Å². The summed E-state index contributed by atoms with van der Waals surface area (Å²) in [6.07, 6.45) is 3.50. The zero-order chi connectivity index (χ0) is 18.6. The van der Waals surface area contributed by atoms with Gasteiger partial charge in [-0.2, -0.15) is 5.10 Å². The molecule has 6 nitrogen and oxygen atoms in total. The zero-order valence-electron chi connectivity index (χ0n) is 16.5. The maximum Gasteiger partial charge on any atom is 0.272 e. The lowest BCUT2D eigenvalue weighted by atomic mass is 9.99. The molecule has 0 bridgehead atoms. The van der Waals surface area contributed by atoms with Crippen molar-refractivity contribution in [1.29, 1.82) is 0 Å². The van der Waals surface area contributed by atoms with E-state index in [1.807, 2.05) is 0 Å². The Morgan fingerprint density at radius 1 is 1.21 bits per heavy atom. The summed E-state index contributed by atoms with van der Waals surface area (Å²) in [5.41, 5.74) is 5.06. The van der Waals surface area contributed by atoms with E-state index < -0.39 is 0 Å². The quantitative estimate of drug-likeness (QED) is 0.717. The van der Waals surface area contributed by atoms with E-state index in [1.54, 1.807) is 0 Å². The molecular weight excluding hydrogens is 374 g/mol. The number of aromatic nitrogens is 2. The molecule has 28 heavy (non-hydrogen) atoms. The first-order valence-corrected chi connectivity index (χ1v) is 10.0. The van der Waals surface area contributed by atoms with Gasteiger partial charge in [-0.05, 0) is 43.0 Å². The number of carbonyl (C=O) groups is 1. The lowest BCUT2D eigenvalue weighted by Gasteiger charge is -2.30. The van der Waals surface area contributed by atoms with Crippen LogP contribution in [0.3, 0.4) is 0 Å². The molecule has 1 aromatic carbocycles. The molecule has 152 valence electrons. The van der Waals surface area contributed by atoms with Gasteiger partial charge in [-0.15, -0.1) is 12.4 Å². The van der Waals surface area contributed by atoms with Gasteiger partial charge in [0.05, 0.1) is 0 Å². The number of benzene rings is 1. The van der Waals surface area contributed by atoms with Crippen molar-refractivity contribution in [1.82, 2.24) is 25.7 Å². The topological polar surface area (TPSA) is 73.0 Å². The Balaban J connectivity index is 0.00000225. The van der Waals surface area contributed by atoms with Gasteiger partial charge in [-0.25, -0.2) is 0 Å². The molecule has 2 aliphatic heterocycles. The van der Waals surface area contributed by atoms with Gasteiger partial charge in [0.15, 0.2) is 5.69 Å². The van der Waals surface area contributed by atoms with Crippen LogP contribution in [-0.2, 0) is 26.1 Å². The number of nitrogens with one attached hydrogen (secondary N) is 3. The second-order valence-electron chi connectivity index (χ2n) is 7.91. The smallest absolute Gasteiger partial charge is 0.272 e. The number of nitrogens with zero attached hydrogens (tertiary/aromatic N) is 2. The van der Waals surface area contributed by atoms with E-state index in [1.165, 1.54) is 31.5 Å². The Kier molecular flexibility index (Phi) is 7.10. The standard InChI is InChI=1S/C21H29N5O.ClH/c1-15-7-10-26(11-8-15)14-17-4-2-16(3-5-17)12-23-21(27)20-18-13-22-9-6-19(18)24-25-20;/h2-5,15,22H,6-14H2,1H3,(H,23,27)(H,24,25);1H. The molecule has 7 heteroatoms. The van der Waals surface area contributed by atoms with Gasteiger partial charge in [0.25, 0.3) is 5.91 Å². The van der Waals surface area contributed by atoms with Crippen molar-refractivity contribution in [3.8, 4) is 0 Å². The molecule has 0 saturated carbocycles. The average Bonchev–Trinajstić information content (AvgIpc) is 3.13. The number of H-pyrrole nitrogens is 1. The lowest BCUT2D eigenvalue weighted by Crippen LogP contribution is -2.32. The lowest BCUT2D eigenvalue weighted by molar-refractivity contribution is 0.0944. The molecule has 3 N–H and O–H groups in total. The molecule has 2 aliphatic rings. The van der Waals surface area contributed by atoms with Gasteiger partial charge in [-0.3, -0.25) is 14.8 Å². The molecule has 2 aromatic rings. The van der Waals surface area contributed by atoms with Crippen molar-refractivity contribution in [2.24, 2.45) is 5.92 Å². The molecule has 4 rings (SSSR count). The third-order valence-corrected chi connectivity index (χ3v) is 5.78.